The molecule has 0 aliphatic rings. The predicted molar refractivity (Wildman–Crippen MR) is 58.8 cm³/mol. The molecule has 1 heterocycles. The van der Waals surface area contributed by atoms with Gasteiger partial charge in [-0.25, -0.2) is 4.39 Å². The topological polar surface area (TPSA) is 74.2 Å². The minimum atomic E-state index is -0.482. The lowest BCUT2D eigenvalue weighted by molar-refractivity contribution is 0.397. The second-order valence-electron chi connectivity index (χ2n) is 3.56. The summed E-state index contributed by atoms with van der Waals surface area (Å²) < 4.78 is 23.7. The minimum Gasteiger partial charge on any atom is -0.496 e. The molecule has 17 heavy (non-hydrogen) atoms. The number of halogens is 1. The van der Waals surface area contributed by atoms with Gasteiger partial charge in [0, 0.05) is 0 Å². The summed E-state index contributed by atoms with van der Waals surface area (Å²) in [6.07, 6.45) is 0. The predicted octanol–water partition coefficient (Wildman–Crippen LogP) is 1.90. The van der Waals surface area contributed by atoms with Crippen LogP contribution in [0.15, 0.2) is 22.7 Å². The fraction of sp³-hybridized carbons (Fsp3) is 0.273. The molecule has 1 atom stereocenters. The Morgan fingerprint density at radius 2 is 2.24 bits per heavy atom. The van der Waals surface area contributed by atoms with Gasteiger partial charge in [-0.3, -0.25) is 0 Å². The first-order chi connectivity index (χ1) is 8.13. The van der Waals surface area contributed by atoms with Crippen molar-refractivity contribution in [2.75, 3.05) is 7.11 Å². The monoisotopic (exact) mass is 237 g/mol. The third kappa shape index (κ3) is 2.12. The molecule has 0 spiro atoms. The third-order valence-corrected chi connectivity index (χ3v) is 2.26. The SMILES string of the molecule is COc1cccc(F)c1-c1nc(C(C)N)no1. The zero-order valence-electron chi connectivity index (χ0n) is 9.48. The van der Waals surface area contributed by atoms with Gasteiger partial charge in [-0.15, -0.1) is 0 Å². The first-order valence-corrected chi connectivity index (χ1v) is 5.05. The van der Waals surface area contributed by atoms with E-state index in [0.717, 1.165) is 0 Å². The van der Waals surface area contributed by atoms with Gasteiger partial charge in [-0.05, 0) is 19.1 Å². The zero-order chi connectivity index (χ0) is 12.4. The normalized spacial score (nSPS) is 12.5. The maximum Gasteiger partial charge on any atom is 0.264 e. The molecule has 0 bridgehead atoms. The molecule has 6 heteroatoms. The van der Waals surface area contributed by atoms with E-state index < -0.39 is 5.82 Å². The highest BCUT2D eigenvalue weighted by molar-refractivity contribution is 5.63. The highest BCUT2D eigenvalue weighted by Crippen LogP contribution is 2.31. The van der Waals surface area contributed by atoms with E-state index in [1.807, 2.05) is 0 Å². The molecule has 0 saturated carbocycles. The van der Waals surface area contributed by atoms with Crippen LogP contribution in [0.2, 0.25) is 0 Å². The Labute approximate surface area is 97.4 Å². The van der Waals surface area contributed by atoms with E-state index in [4.69, 9.17) is 15.0 Å². The Bertz CT molecular complexity index is 525. The Morgan fingerprint density at radius 1 is 1.47 bits per heavy atom. The second-order valence-corrected chi connectivity index (χ2v) is 3.56. The smallest absolute Gasteiger partial charge is 0.264 e. The van der Waals surface area contributed by atoms with Crippen molar-refractivity contribution < 1.29 is 13.7 Å². The van der Waals surface area contributed by atoms with Crippen LogP contribution in [0.4, 0.5) is 4.39 Å². The van der Waals surface area contributed by atoms with Crippen LogP contribution in [0.1, 0.15) is 18.8 Å². The molecule has 90 valence electrons. The van der Waals surface area contributed by atoms with E-state index in [9.17, 15) is 4.39 Å². The fourth-order valence-electron chi connectivity index (χ4n) is 1.40. The van der Waals surface area contributed by atoms with E-state index in [1.54, 1.807) is 19.1 Å². The van der Waals surface area contributed by atoms with Crippen molar-refractivity contribution in [3.05, 3.63) is 29.8 Å². The van der Waals surface area contributed by atoms with Crippen molar-refractivity contribution in [3.63, 3.8) is 0 Å². The fourth-order valence-corrected chi connectivity index (χ4v) is 1.40. The van der Waals surface area contributed by atoms with E-state index in [0.29, 0.717) is 11.6 Å². The van der Waals surface area contributed by atoms with E-state index >= 15 is 0 Å². The molecule has 2 N–H and O–H groups in total. The van der Waals surface area contributed by atoms with Crippen molar-refractivity contribution in [1.29, 1.82) is 0 Å². The number of nitrogens with zero attached hydrogens (tertiary/aromatic N) is 2. The van der Waals surface area contributed by atoms with Crippen LogP contribution in [0.25, 0.3) is 11.5 Å². The summed E-state index contributed by atoms with van der Waals surface area (Å²) in [5.74, 6) is 0.242. The summed E-state index contributed by atoms with van der Waals surface area (Å²) in [7, 11) is 1.45. The molecule has 0 fully saturated rings. The summed E-state index contributed by atoms with van der Waals surface area (Å²) in [5, 5.41) is 3.68. The molecule has 1 aromatic heterocycles. The van der Waals surface area contributed by atoms with Crippen molar-refractivity contribution in [1.82, 2.24) is 10.1 Å². The van der Waals surface area contributed by atoms with Gasteiger partial charge in [0.25, 0.3) is 5.89 Å². The van der Waals surface area contributed by atoms with Gasteiger partial charge in [0.05, 0.1) is 13.2 Å². The highest BCUT2D eigenvalue weighted by Gasteiger charge is 2.19. The number of hydrogen-bond donors (Lipinski definition) is 1. The number of rotatable bonds is 3. The van der Waals surface area contributed by atoms with Crippen LogP contribution >= 0.6 is 0 Å². The largest absolute Gasteiger partial charge is 0.496 e. The lowest BCUT2D eigenvalue weighted by Crippen LogP contribution is -2.06. The summed E-state index contributed by atoms with van der Waals surface area (Å²) in [6.45, 7) is 1.72. The van der Waals surface area contributed by atoms with Gasteiger partial charge < -0.3 is 15.0 Å². The van der Waals surface area contributed by atoms with Crippen LogP contribution in [-0.4, -0.2) is 17.3 Å². The van der Waals surface area contributed by atoms with Gasteiger partial charge in [0.1, 0.15) is 17.1 Å². The van der Waals surface area contributed by atoms with Crippen molar-refractivity contribution in [2.45, 2.75) is 13.0 Å². The maximum atomic E-state index is 13.7. The molecule has 0 amide bonds. The van der Waals surface area contributed by atoms with Gasteiger partial charge >= 0.3 is 0 Å². The summed E-state index contributed by atoms with van der Waals surface area (Å²) >= 11 is 0. The Hall–Kier alpha value is -1.95. The van der Waals surface area contributed by atoms with E-state index in [-0.39, 0.29) is 17.5 Å². The number of nitrogens with two attached hydrogens (primary N) is 1. The first-order valence-electron chi connectivity index (χ1n) is 5.05. The quantitative estimate of drug-likeness (QED) is 0.882. The molecule has 1 unspecified atom stereocenters. The lowest BCUT2D eigenvalue weighted by Gasteiger charge is -2.04. The number of aromatic nitrogens is 2. The average molecular weight is 237 g/mol. The highest BCUT2D eigenvalue weighted by atomic mass is 19.1. The number of benzene rings is 1. The third-order valence-electron chi connectivity index (χ3n) is 2.26. The number of hydrogen-bond acceptors (Lipinski definition) is 5. The molecule has 5 nitrogen and oxygen atoms in total. The molecule has 2 aromatic rings. The Morgan fingerprint density at radius 3 is 2.82 bits per heavy atom. The molecule has 0 aliphatic carbocycles. The van der Waals surface area contributed by atoms with Crippen LogP contribution < -0.4 is 10.5 Å². The van der Waals surface area contributed by atoms with Gasteiger partial charge in [-0.1, -0.05) is 11.2 Å². The molecule has 0 aliphatic heterocycles. The molecule has 1 aromatic carbocycles. The molecular formula is C11H12FN3O2. The second kappa shape index (κ2) is 4.50. The van der Waals surface area contributed by atoms with Crippen LogP contribution in [-0.2, 0) is 0 Å². The van der Waals surface area contributed by atoms with Crippen LogP contribution in [0.5, 0.6) is 5.75 Å². The Balaban J connectivity index is 2.51. The van der Waals surface area contributed by atoms with Crippen LogP contribution in [0.3, 0.4) is 0 Å². The minimum absolute atomic E-state index is 0.0623. The van der Waals surface area contributed by atoms with Gasteiger partial charge in [-0.2, -0.15) is 4.98 Å². The van der Waals surface area contributed by atoms with Crippen molar-refractivity contribution in [3.8, 4) is 17.2 Å². The van der Waals surface area contributed by atoms with Crippen molar-refractivity contribution in [2.24, 2.45) is 5.73 Å². The molecule has 0 saturated heterocycles. The van der Waals surface area contributed by atoms with Gasteiger partial charge in [0.2, 0.25) is 0 Å². The van der Waals surface area contributed by atoms with Gasteiger partial charge in [0.15, 0.2) is 5.82 Å². The maximum absolute atomic E-state index is 13.7. The molecule has 2 rings (SSSR count). The average Bonchev–Trinajstić information content (AvgIpc) is 2.77. The van der Waals surface area contributed by atoms with Crippen molar-refractivity contribution >= 4 is 0 Å². The zero-order valence-corrected chi connectivity index (χ0v) is 9.48. The molecule has 0 radical (unpaired) electrons. The van der Waals surface area contributed by atoms with E-state index in [1.165, 1.54) is 13.2 Å². The van der Waals surface area contributed by atoms with Crippen LogP contribution in [0, 0.1) is 5.82 Å². The van der Waals surface area contributed by atoms with E-state index in [2.05, 4.69) is 10.1 Å². The number of ether oxygens (including phenoxy) is 1. The molecular weight excluding hydrogens is 225 g/mol. The standard InChI is InChI=1S/C11H12FN3O2/c1-6(13)10-14-11(17-15-10)9-7(12)4-3-5-8(9)16-2/h3-6H,13H2,1-2H3. The lowest BCUT2D eigenvalue weighted by atomic mass is 10.2. The summed E-state index contributed by atoms with van der Waals surface area (Å²) in [5.41, 5.74) is 5.75. The summed E-state index contributed by atoms with van der Waals surface area (Å²) in [4.78, 5) is 4.03. The Kier molecular flexibility index (Phi) is 3.06. The first kappa shape index (κ1) is 11.5. The number of methoxy groups -OCH3 is 1. The summed E-state index contributed by atoms with van der Waals surface area (Å²) in [6, 6.07) is 4.09.